The SMILES string of the molecule is CCC1(COC(=O)C(C)(C)C(C)(C)C)CSSC1. The summed E-state index contributed by atoms with van der Waals surface area (Å²) in [5.41, 5.74) is -0.331. The van der Waals surface area contributed by atoms with E-state index >= 15 is 0 Å². The standard InChI is InChI=1S/C14H26O2S2/c1-7-14(9-17-18-10-14)8-16-11(15)13(5,6)12(2,3)4/h7-10H2,1-6H3. The number of carbonyl (C=O) groups excluding carboxylic acids is 1. The minimum atomic E-state index is -0.444. The van der Waals surface area contributed by atoms with E-state index in [9.17, 15) is 4.79 Å². The van der Waals surface area contributed by atoms with Crippen molar-refractivity contribution in [3.63, 3.8) is 0 Å². The molecule has 0 N–H and O–H groups in total. The summed E-state index contributed by atoms with van der Waals surface area (Å²) in [6, 6.07) is 0. The number of carbonyl (C=O) groups is 1. The normalized spacial score (nSPS) is 19.9. The van der Waals surface area contributed by atoms with Crippen molar-refractivity contribution >= 4 is 27.6 Å². The van der Waals surface area contributed by atoms with Crippen LogP contribution in [0.15, 0.2) is 0 Å². The van der Waals surface area contributed by atoms with E-state index in [1.807, 2.05) is 35.4 Å². The fraction of sp³-hybridized carbons (Fsp3) is 0.929. The van der Waals surface area contributed by atoms with E-state index in [0.717, 1.165) is 17.9 Å². The average molecular weight is 290 g/mol. The highest BCUT2D eigenvalue weighted by molar-refractivity contribution is 8.77. The molecule has 1 saturated heterocycles. The third kappa shape index (κ3) is 3.38. The molecule has 0 amide bonds. The molecule has 0 radical (unpaired) electrons. The van der Waals surface area contributed by atoms with Crippen LogP contribution in [0.4, 0.5) is 0 Å². The Morgan fingerprint density at radius 3 is 2.06 bits per heavy atom. The lowest BCUT2D eigenvalue weighted by Gasteiger charge is -2.37. The first-order valence-corrected chi connectivity index (χ1v) is 9.05. The van der Waals surface area contributed by atoms with Crippen molar-refractivity contribution in [3.05, 3.63) is 0 Å². The molecule has 0 saturated carbocycles. The maximum atomic E-state index is 12.3. The summed E-state index contributed by atoms with van der Waals surface area (Å²) in [5.74, 6) is 2.12. The number of hydrogen-bond acceptors (Lipinski definition) is 4. The predicted octanol–water partition coefficient (Wildman–Crippen LogP) is 4.39. The van der Waals surface area contributed by atoms with Gasteiger partial charge in [0.2, 0.25) is 0 Å². The highest BCUT2D eigenvalue weighted by Gasteiger charge is 2.43. The number of hydrogen-bond donors (Lipinski definition) is 0. The summed E-state index contributed by atoms with van der Waals surface area (Å²) in [7, 11) is 3.79. The van der Waals surface area contributed by atoms with Crippen molar-refractivity contribution in [3.8, 4) is 0 Å². The van der Waals surface area contributed by atoms with Gasteiger partial charge < -0.3 is 4.74 Å². The fourth-order valence-corrected chi connectivity index (χ4v) is 5.04. The first-order valence-electron chi connectivity index (χ1n) is 6.56. The van der Waals surface area contributed by atoms with Crippen molar-refractivity contribution in [1.29, 1.82) is 0 Å². The minimum Gasteiger partial charge on any atom is -0.465 e. The molecule has 1 aliphatic heterocycles. The number of ether oxygens (including phenoxy) is 1. The van der Waals surface area contributed by atoms with Crippen molar-refractivity contribution < 1.29 is 9.53 Å². The molecule has 0 aromatic rings. The maximum absolute atomic E-state index is 12.3. The monoisotopic (exact) mass is 290 g/mol. The van der Waals surface area contributed by atoms with Crippen LogP contribution in [-0.2, 0) is 9.53 Å². The van der Waals surface area contributed by atoms with E-state index in [2.05, 4.69) is 27.7 Å². The van der Waals surface area contributed by atoms with Gasteiger partial charge in [0, 0.05) is 16.9 Å². The van der Waals surface area contributed by atoms with Crippen molar-refractivity contribution in [2.24, 2.45) is 16.2 Å². The minimum absolute atomic E-state index is 0.0651. The smallest absolute Gasteiger partial charge is 0.312 e. The van der Waals surface area contributed by atoms with Crippen molar-refractivity contribution in [2.45, 2.75) is 48.0 Å². The second-order valence-electron chi connectivity index (χ2n) is 6.83. The van der Waals surface area contributed by atoms with Crippen molar-refractivity contribution in [1.82, 2.24) is 0 Å². The summed E-state index contributed by atoms with van der Waals surface area (Å²) >= 11 is 0. The Labute approximate surface area is 119 Å². The summed E-state index contributed by atoms with van der Waals surface area (Å²) in [6.07, 6.45) is 1.08. The van der Waals surface area contributed by atoms with Crippen LogP contribution in [0.3, 0.4) is 0 Å². The van der Waals surface area contributed by atoms with Crippen LogP contribution in [-0.4, -0.2) is 24.1 Å². The third-order valence-electron chi connectivity index (χ3n) is 4.46. The molecule has 0 atom stereocenters. The summed E-state index contributed by atoms with van der Waals surface area (Å²) in [4.78, 5) is 12.3. The Morgan fingerprint density at radius 1 is 1.17 bits per heavy atom. The Hall–Kier alpha value is 0.170. The number of esters is 1. The van der Waals surface area contributed by atoms with Gasteiger partial charge in [0.15, 0.2) is 0 Å². The van der Waals surface area contributed by atoms with Gasteiger partial charge in [0.1, 0.15) is 0 Å². The molecule has 1 rings (SSSR count). The highest BCUT2D eigenvalue weighted by atomic mass is 33.1. The Balaban J connectivity index is 2.61. The average Bonchev–Trinajstić information content (AvgIpc) is 2.73. The van der Waals surface area contributed by atoms with E-state index < -0.39 is 5.41 Å². The largest absolute Gasteiger partial charge is 0.465 e. The van der Waals surface area contributed by atoms with Gasteiger partial charge in [-0.25, -0.2) is 0 Å². The topological polar surface area (TPSA) is 26.3 Å². The molecule has 1 heterocycles. The van der Waals surface area contributed by atoms with E-state index in [1.54, 1.807) is 0 Å². The second kappa shape index (κ2) is 5.66. The van der Waals surface area contributed by atoms with Crippen LogP contribution in [0, 0.1) is 16.2 Å². The highest BCUT2D eigenvalue weighted by Crippen LogP contribution is 2.46. The van der Waals surface area contributed by atoms with Crippen LogP contribution in [0.25, 0.3) is 0 Å². The molecule has 0 bridgehead atoms. The first kappa shape index (κ1) is 16.2. The zero-order chi connectivity index (χ0) is 14.0. The zero-order valence-electron chi connectivity index (χ0n) is 12.5. The summed E-state index contributed by atoms with van der Waals surface area (Å²) in [5, 5.41) is 0. The van der Waals surface area contributed by atoms with E-state index in [-0.39, 0.29) is 16.8 Å². The van der Waals surface area contributed by atoms with Crippen LogP contribution in [0.1, 0.15) is 48.0 Å². The van der Waals surface area contributed by atoms with Crippen LogP contribution >= 0.6 is 21.6 Å². The zero-order valence-corrected chi connectivity index (χ0v) is 14.1. The first-order chi connectivity index (χ1) is 8.15. The molecule has 0 unspecified atom stereocenters. The molecule has 0 aromatic heterocycles. The van der Waals surface area contributed by atoms with Gasteiger partial charge in [-0.3, -0.25) is 4.79 Å². The molecular weight excluding hydrogens is 264 g/mol. The van der Waals surface area contributed by atoms with E-state index in [0.29, 0.717) is 6.61 Å². The van der Waals surface area contributed by atoms with Crippen LogP contribution < -0.4 is 0 Å². The lowest BCUT2D eigenvalue weighted by atomic mass is 9.69. The van der Waals surface area contributed by atoms with Gasteiger partial charge in [-0.15, -0.1) is 0 Å². The van der Waals surface area contributed by atoms with Gasteiger partial charge in [0.05, 0.1) is 12.0 Å². The molecule has 106 valence electrons. The molecule has 0 spiro atoms. The van der Waals surface area contributed by atoms with Gasteiger partial charge in [0.25, 0.3) is 0 Å². The summed E-state index contributed by atoms with van der Waals surface area (Å²) in [6.45, 7) is 13.0. The Kier molecular flexibility index (Phi) is 5.10. The fourth-order valence-electron chi connectivity index (χ4n) is 1.47. The predicted molar refractivity (Wildman–Crippen MR) is 81.8 cm³/mol. The molecule has 4 heteroatoms. The molecule has 0 aliphatic carbocycles. The van der Waals surface area contributed by atoms with Gasteiger partial charge in [-0.05, 0) is 25.7 Å². The van der Waals surface area contributed by atoms with Gasteiger partial charge in [-0.1, -0.05) is 49.3 Å². The maximum Gasteiger partial charge on any atom is 0.312 e. The van der Waals surface area contributed by atoms with E-state index in [1.165, 1.54) is 0 Å². The Morgan fingerprint density at radius 2 is 1.67 bits per heavy atom. The molecule has 1 fully saturated rings. The molecule has 2 nitrogen and oxygen atoms in total. The lowest BCUT2D eigenvalue weighted by Crippen LogP contribution is -2.41. The van der Waals surface area contributed by atoms with Crippen molar-refractivity contribution in [2.75, 3.05) is 18.1 Å². The molecule has 18 heavy (non-hydrogen) atoms. The molecule has 0 aromatic carbocycles. The lowest BCUT2D eigenvalue weighted by molar-refractivity contribution is -0.163. The van der Waals surface area contributed by atoms with E-state index in [4.69, 9.17) is 4.74 Å². The molecule has 1 aliphatic rings. The van der Waals surface area contributed by atoms with Crippen LogP contribution in [0.5, 0.6) is 0 Å². The molecular formula is C14H26O2S2. The van der Waals surface area contributed by atoms with Gasteiger partial charge in [-0.2, -0.15) is 0 Å². The third-order valence-corrected chi connectivity index (χ3v) is 7.29. The number of rotatable bonds is 4. The summed E-state index contributed by atoms with van der Waals surface area (Å²) < 4.78 is 5.65. The quantitative estimate of drug-likeness (QED) is 0.566. The van der Waals surface area contributed by atoms with Crippen LogP contribution in [0.2, 0.25) is 0 Å². The second-order valence-corrected chi connectivity index (χ2v) is 9.29. The van der Waals surface area contributed by atoms with Gasteiger partial charge >= 0.3 is 5.97 Å². The Bertz CT molecular complexity index is 299.